The molecule has 1 atom stereocenters. The highest BCUT2D eigenvalue weighted by Gasteiger charge is 2.21. The number of hydrogen-bond donors (Lipinski definition) is 2. The first-order valence-corrected chi connectivity index (χ1v) is 8.53. The lowest BCUT2D eigenvalue weighted by Crippen LogP contribution is -2.16. The Morgan fingerprint density at radius 3 is 3.07 bits per heavy atom. The molecule has 8 nitrogen and oxygen atoms in total. The van der Waals surface area contributed by atoms with Crippen LogP contribution in [0.15, 0.2) is 30.7 Å². The number of fused-ring (bicyclic) bond motifs is 1. The molecule has 3 N–H and O–H groups in total. The lowest BCUT2D eigenvalue weighted by molar-refractivity contribution is 0.100. The minimum atomic E-state index is -0.677. The fourth-order valence-corrected chi connectivity index (χ4v) is 3.17. The Morgan fingerprint density at radius 2 is 2.33 bits per heavy atom. The molecule has 1 aliphatic rings. The van der Waals surface area contributed by atoms with Crippen LogP contribution in [-0.2, 0) is 4.74 Å². The number of carbonyl (C=O) groups excluding carboxylic acids is 1. The lowest BCUT2D eigenvalue weighted by atomic mass is 10.2. The number of halogens is 2. The molecule has 1 amide bonds. The summed E-state index contributed by atoms with van der Waals surface area (Å²) in [6.45, 7) is 1.05. The minimum Gasteiger partial charge on any atom is -0.486 e. The number of nitrogens with two attached hydrogens (primary N) is 1. The van der Waals surface area contributed by atoms with Gasteiger partial charge in [0.05, 0.1) is 29.5 Å². The van der Waals surface area contributed by atoms with Crippen molar-refractivity contribution in [2.45, 2.75) is 12.5 Å². The first-order valence-electron chi connectivity index (χ1n) is 8.15. The molecule has 4 rings (SSSR count). The zero-order valence-corrected chi connectivity index (χ0v) is 14.7. The number of nitrogens with zero attached hydrogens (tertiary/aromatic N) is 3. The van der Waals surface area contributed by atoms with Crippen molar-refractivity contribution in [1.29, 1.82) is 0 Å². The van der Waals surface area contributed by atoms with Crippen LogP contribution in [0.25, 0.3) is 5.52 Å². The van der Waals surface area contributed by atoms with Crippen LogP contribution < -0.4 is 15.8 Å². The van der Waals surface area contributed by atoms with Gasteiger partial charge in [-0.05, 0) is 12.1 Å². The van der Waals surface area contributed by atoms with Gasteiger partial charge in [0, 0.05) is 18.7 Å². The summed E-state index contributed by atoms with van der Waals surface area (Å²) in [6, 6.07) is 4.12. The van der Waals surface area contributed by atoms with Gasteiger partial charge in [0.1, 0.15) is 29.5 Å². The van der Waals surface area contributed by atoms with Gasteiger partial charge in [-0.1, -0.05) is 11.6 Å². The van der Waals surface area contributed by atoms with Crippen LogP contribution in [-0.4, -0.2) is 39.8 Å². The standard InChI is InChI=1S/C17H15ClFN5O3/c18-14-11(16(20)25)6-24-15(14)17(21-8-22-24)23-12-2-1-9(19)5-13(12)27-10-3-4-26-7-10/h1-2,5-6,8,10H,3-4,7H2,(H2,20,25)(H,21,22,23). The van der Waals surface area contributed by atoms with Gasteiger partial charge in [-0.2, -0.15) is 5.10 Å². The molecule has 0 spiro atoms. The fourth-order valence-electron chi connectivity index (χ4n) is 2.85. The summed E-state index contributed by atoms with van der Waals surface area (Å²) in [4.78, 5) is 15.7. The third-order valence-corrected chi connectivity index (χ3v) is 4.54. The zero-order chi connectivity index (χ0) is 19.0. The molecule has 1 unspecified atom stereocenters. The maximum Gasteiger partial charge on any atom is 0.251 e. The first-order chi connectivity index (χ1) is 13.0. The second-order valence-corrected chi connectivity index (χ2v) is 6.37. The molecule has 1 aliphatic heterocycles. The van der Waals surface area contributed by atoms with Gasteiger partial charge < -0.3 is 20.5 Å². The van der Waals surface area contributed by atoms with Gasteiger partial charge in [-0.15, -0.1) is 0 Å². The van der Waals surface area contributed by atoms with Crippen molar-refractivity contribution in [3.63, 3.8) is 0 Å². The second-order valence-electron chi connectivity index (χ2n) is 5.99. The van der Waals surface area contributed by atoms with Crippen LogP contribution in [0.4, 0.5) is 15.9 Å². The van der Waals surface area contributed by atoms with Crippen molar-refractivity contribution in [2.24, 2.45) is 5.73 Å². The maximum atomic E-state index is 13.7. The van der Waals surface area contributed by atoms with Crippen molar-refractivity contribution >= 4 is 34.5 Å². The van der Waals surface area contributed by atoms with Crippen LogP contribution in [0.5, 0.6) is 5.75 Å². The topological polar surface area (TPSA) is 104 Å². The van der Waals surface area contributed by atoms with Gasteiger partial charge in [0.2, 0.25) is 0 Å². The highest BCUT2D eigenvalue weighted by molar-refractivity contribution is 6.37. The predicted octanol–water partition coefficient (Wildman–Crippen LogP) is 2.53. The molecule has 0 aliphatic carbocycles. The monoisotopic (exact) mass is 391 g/mol. The smallest absolute Gasteiger partial charge is 0.251 e. The molecule has 1 saturated heterocycles. The average Bonchev–Trinajstić information content (AvgIpc) is 3.26. The Morgan fingerprint density at radius 1 is 1.48 bits per heavy atom. The van der Waals surface area contributed by atoms with Gasteiger partial charge in [0.15, 0.2) is 5.82 Å². The lowest BCUT2D eigenvalue weighted by Gasteiger charge is -2.17. The Bertz CT molecular complexity index is 1020. The van der Waals surface area contributed by atoms with Gasteiger partial charge >= 0.3 is 0 Å². The summed E-state index contributed by atoms with van der Waals surface area (Å²) >= 11 is 6.28. The summed E-state index contributed by atoms with van der Waals surface area (Å²) in [5.74, 6) is -0.468. The Hall–Kier alpha value is -2.91. The molecule has 10 heteroatoms. The number of benzene rings is 1. The fraction of sp³-hybridized carbons (Fsp3) is 0.235. The van der Waals surface area contributed by atoms with E-state index in [-0.39, 0.29) is 16.7 Å². The van der Waals surface area contributed by atoms with Crippen molar-refractivity contribution in [3.05, 3.63) is 47.1 Å². The molecule has 27 heavy (non-hydrogen) atoms. The van der Waals surface area contributed by atoms with E-state index in [0.717, 1.165) is 6.42 Å². The third kappa shape index (κ3) is 3.38. The molecule has 140 valence electrons. The normalized spacial score (nSPS) is 16.6. The minimum absolute atomic E-state index is 0.124. The molecular weight excluding hydrogens is 377 g/mol. The summed E-state index contributed by atoms with van der Waals surface area (Å²) in [7, 11) is 0. The van der Waals surface area contributed by atoms with Crippen molar-refractivity contribution in [2.75, 3.05) is 18.5 Å². The van der Waals surface area contributed by atoms with E-state index in [9.17, 15) is 9.18 Å². The Balaban J connectivity index is 1.73. The van der Waals surface area contributed by atoms with E-state index in [1.165, 1.54) is 35.2 Å². The number of primary amides is 1. The van der Waals surface area contributed by atoms with Crippen LogP contribution in [0.1, 0.15) is 16.8 Å². The highest BCUT2D eigenvalue weighted by atomic mass is 35.5. The number of amides is 1. The van der Waals surface area contributed by atoms with E-state index in [2.05, 4.69) is 15.4 Å². The van der Waals surface area contributed by atoms with Gasteiger partial charge in [-0.3, -0.25) is 4.79 Å². The maximum absolute atomic E-state index is 13.7. The second kappa shape index (κ2) is 7.01. The van der Waals surface area contributed by atoms with Crippen molar-refractivity contribution < 1.29 is 18.7 Å². The van der Waals surface area contributed by atoms with E-state index in [1.807, 2.05) is 0 Å². The number of aromatic nitrogens is 3. The van der Waals surface area contributed by atoms with Gasteiger partial charge in [0.25, 0.3) is 5.91 Å². The quantitative estimate of drug-likeness (QED) is 0.692. The van der Waals surface area contributed by atoms with Crippen molar-refractivity contribution in [3.8, 4) is 5.75 Å². The van der Waals surface area contributed by atoms with Crippen LogP contribution >= 0.6 is 11.6 Å². The summed E-state index contributed by atoms with van der Waals surface area (Å²) in [5.41, 5.74) is 6.31. The van der Waals surface area contributed by atoms with Crippen LogP contribution in [0.3, 0.4) is 0 Å². The number of hydrogen-bond acceptors (Lipinski definition) is 6. The molecule has 0 saturated carbocycles. The number of anilines is 2. The number of carbonyl (C=O) groups is 1. The Kier molecular flexibility index (Phi) is 4.54. The SMILES string of the molecule is NC(=O)c1cn2ncnc(Nc3ccc(F)cc3OC3CCOC3)c2c1Cl. The van der Waals surface area contributed by atoms with Crippen molar-refractivity contribution in [1.82, 2.24) is 14.6 Å². The molecule has 1 aromatic carbocycles. The summed E-state index contributed by atoms with van der Waals surface area (Å²) in [5, 5.41) is 7.23. The van der Waals surface area contributed by atoms with E-state index in [4.69, 9.17) is 26.8 Å². The number of ether oxygens (including phenoxy) is 2. The predicted molar refractivity (Wildman–Crippen MR) is 96.0 cm³/mol. The largest absolute Gasteiger partial charge is 0.486 e. The van der Waals surface area contributed by atoms with E-state index < -0.39 is 11.7 Å². The summed E-state index contributed by atoms with van der Waals surface area (Å²) < 4.78 is 26.3. The van der Waals surface area contributed by atoms with Crippen LogP contribution in [0, 0.1) is 5.82 Å². The molecule has 0 radical (unpaired) electrons. The van der Waals surface area contributed by atoms with Crippen LogP contribution in [0.2, 0.25) is 5.02 Å². The Labute approximate surface area is 158 Å². The first kappa shape index (κ1) is 17.5. The molecule has 1 fully saturated rings. The van der Waals surface area contributed by atoms with Gasteiger partial charge in [-0.25, -0.2) is 13.9 Å². The molecular formula is C17H15ClFN5O3. The molecule has 0 bridgehead atoms. The number of rotatable bonds is 5. The zero-order valence-electron chi connectivity index (χ0n) is 14.0. The number of nitrogens with one attached hydrogen (secondary N) is 1. The average molecular weight is 392 g/mol. The molecule has 3 heterocycles. The summed E-state index contributed by atoms with van der Waals surface area (Å²) in [6.07, 6.45) is 3.28. The van der Waals surface area contributed by atoms with E-state index >= 15 is 0 Å². The third-order valence-electron chi connectivity index (χ3n) is 4.16. The van der Waals surface area contributed by atoms with E-state index in [1.54, 1.807) is 0 Å². The van der Waals surface area contributed by atoms with E-state index in [0.29, 0.717) is 36.0 Å². The highest BCUT2D eigenvalue weighted by Crippen LogP contribution is 2.34. The molecule has 2 aromatic heterocycles. The molecule has 3 aromatic rings.